The highest BCUT2D eigenvalue weighted by atomic mass is 79.9. The van der Waals surface area contributed by atoms with Crippen molar-refractivity contribution in [3.8, 4) is 5.75 Å². The molecule has 0 aliphatic carbocycles. The van der Waals surface area contributed by atoms with E-state index in [9.17, 15) is 18.0 Å². The Morgan fingerprint density at radius 1 is 1.13 bits per heavy atom. The fourth-order valence-corrected chi connectivity index (χ4v) is 4.25. The summed E-state index contributed by atoms with van der Waals surface area (Å²) < 4.78 is 34.3. The van der Waals surface area contributed by atoms with Crippen molar-refractivity contribution in [1.29, 1.82) is 0 Å². The van der Waals surface area contributed by atoms with Crippen LogP contribution < -0.4 is 14.8 Å². The van der Waals surface area contributed by atoms with Gasteiger partial charge in [-0.15, -0.1) is 0 Å². The van der Waals surface area contributed by atoms with Crippen molar-refractivity contribution in [2.45, 2.75) is 17.7 Å². The fourth-order valence-electron chi connectivity index (χ4n) is 2.73. The van der Waals surface area contributed by atoms with Crippen molar-refractivity contribution in [1.82, 2.24) is 5.01 Å². The zero-order valence-corrected chi connectivity index (χ0v) is 18.6. The van der Waals surface area contributed by atoms with Gasteiger partial charge >= 0.3 is 0 Å². The summed E-state index contributed by atoms with van der Waals surface area (Å²) in [6, 6.07) is 10.9. The Morgan fingerprint density at radius 3 is 2.43 bits per heavy atom. The number of hydrazone groups is 1. The highest BCUT2D eigenvalue weighted by molar-refractivity contribution is 9.10. The third-order valence-electron chi connectivity index (χ3n) is 4.28. The summed E-state index contributed by atoms with van der Waals surface area (Å²) >= 11 is 3.30. The summed E-state index contributed by atoms with van der Waals surface area (Å²) in [5.41, 5.74) is 0.809. The van der Waals surface area contributed by atoms with Gasteiger partial charge in [0.2, 0.25) is 5.91 Å². The van der Waals surface area contributed by atoms with E-state index in [1.807, 2.05) is 0 Å². The molecule has 1 heterocycles. The lowest BCUT2D eigenvalue weighted by Gasteiger charge is -2.19. The molecule has 0 spiro atoms. The van der Waals surface area contributed by atoms with Gasteiger partial charge < -0.3 is 10.1 Å². The van der Waals surface area contributed by atoms with Gasteiger partial charge in [-0.25, -0.2) is 13.4 Å². The minimum Gasteiger partial charge on any atom is -0.495 e. The largest absolute Gasteiger partial charge is 0.495 e. The zero-order chi connectivity index (χ0) is 21.9. The van der Waals surface area contributed by atoms with Crippen molar-refractivity contribution < 1.29 is 22.7 Å². The van der Waals surface area contributed by atoms with Gasteiger partial charge in [0, 0.05) is 35.7 Å². The predicted molar refractivity (Wildman–Crippen MR) is 116 cm³/mol. The minimum atomic E-state index is -3.99. The van der Waals surface area contributed by atoms with Gasteiger partial charge in [0.15, 0.2) is 0 Å². The van der Waals surface area contributed by atoms with Gasteiger partial charge in [-0.3, -0.25) is 14.3 Å². The molecule has 2 N–H and O–H groups in total. The Balaban J connectivity index is 1.86. The van der Waals surface area contributed by atoms with Crippen LogP contribution in [0.15, 0.2) is 56.9 Å². The molecule has 30 heavy (non-hydrogen) atoms. The molecule has 11 heteroatoms. The molecule has 1 aliphatic rings. The molecule has 0 saturated carbocycles. The number of ether oxygens (including phenoxy) is 1. The van der Waals surface area contributed by atoms with E-state index in [0.717, 1.165) is 9.48 Å². The predicted octanol–water partition coefficient (Wildman–Crippen LogP) is 2.81. The minimum absolute atomic E-state index is 0.123. The second-order valence-electron chi connectivity index (χ2n) is 6.40. The number of halogens is 1. The van der Waals surface area contributed by atoms with Gasteiger partial charge in [0.05, 0.1) is 7.11 Å². The summed E-state index contributed by atoms with van der Waals surface area (Å²) in [7, 11) is -1.16. The van der Waals surface area contributed by atoms with Crippen LogP contribution in [0.2, 0.25) is 0 Å². The molecule has 1 aliphatic heterocycles. The summed E-state index contributed by atoms with van der Waals surface area (Å²) in [5.74, 6) is -0.565. The smallest absolute Gasteiger partial charge is 0.271 e. The van der Waals surface area contributed by atoms with E-state index < -0.39 is 15.9 Å². The number of hydrogen-bond acceptors (Lipinski definition) is 6. The van der Waals surface area contributed by atoms with Crippen LogP contribution in [0.4, 0.5) is 11.4 Å². The van der Waals surface area contributed by atoms with Crippen LogP contribution in [0, 0.1) is 0 Å². The van der Waals surface area contributed by atoms with E-state index in [0.29, 0.717) is 5.69 Å². The summed E-state index contributed by atoms with van der Waals surface area (Å²) in [5, 5.41) is 7.69. The van der Waals surface area contributed by atoms with Gasteiger partial charge in [-0.1, -0.05) is 15.9 Å². The van der Waals surface area contributed by atoms with E-state index in [2.05, 4.69) is 31.1 Å². The van der Waals surface area contributed by atoms with Crippen LogP contribution in [0.3, 0.4) is 0 Å². The summed E-state index contributed by atoms with van der Waals surface area (Å²) in [4.78, 5) is 23.9. The fraction of sp³-hybridized carbons (Fsp3) is 0.211. The van der Waals surface area contributed by atoms with Crippen LogP contribution in [0.5, 0.6) is 5.75 Å². The van der Waals surface area contributed by atoms with E-state index in [-0.39, 0.29) is 40.8 Å². The Labute approximate surface area is 182 Å². The van der Waals surface area contributed by atoms with Crippen molar-refractivity contribution in [2.75, 3.05) is 24.2 Å². The number of sulfonamides is 1. The Kier molecular flexibility index (Phi) is 6.42. The SMILES string of the molecule is COc1ccc(NC(=O)C2=NN(C)C(=O)CC2)cc1S(=O)(=O)Nc1ccc(Br)cc1. The first-order chi connectivity index (χ1) is 14.2. The Hall–Kier alpha value is -2.92. The quantitative estimate of drug-likeness (QED) is 0.639. The lowest BCUT2D eigenvalue weighted by Crippen LogP contribution is -2.34. The van der Waals surface area contributed by atoms with Crippen LogP contribution in [-0.2, 0) is 19.6 Å². The monoisotopic (exact) mass is 494 g/mol. The first-order valence-electron chi connectivity index (χ1n) is 8.81. The first-order valence-corrected chi connectivity index (χ1v) is 11.1. The Bertz CT molecular complexity index is 1120. The molecule has 2 aromatic carbocycles. The molecule has 0 saturated heterocycles. The average molecular weight is 495 g/mol. The molecule has 9 nitrogen and oxygen atoms in total. The summed E-state index contributed by atoms with van der Waals surface area (Å²) in [6.45, 7) is 0. The molecule has 0 fully saturated rings. The molecule has 0 unspecified atom stereocenters. The molecule has 0 bridgehead atoms. The van der Waals surface area contributed by atoms with Gasteiger partial charge in [0.25, 0.3) is 15.9 Å². The third-order valence-corrected chi connectivity index (χ3v) is 6.21. The van der Waals surface area contributed by atoms with E-state index >= 15 is 0 Å². The molecular formula is C19H19BrN4O5S. The zero-order valence-electron chi connectivity index (χ0n) is 16.2. The van der Waals surface area contributed by atoms with Crippen molar-refractivity contribution in [2.24, 2.45) is 5.10 Å². The lowest BCUT2D eigenvalue weighted by molar-refractivity contribution is -0.130. The maximum absolute atomic E-state index is 12.9. The second-order valence-corrected chi connectivity index (χ2v) is 8.96. The maximum atomic E-state index is 12.9. The van der Waals surface area contributed by atoms with Crippen LogP contribution in [0.25, 0.3) is 0 Å². The summed E-state index contributed by atoms with van der Waals surface area (Å²) in [6.07, 6.45) is 0.392. The Morgan fingerprint density at radius 2 is 1.80 bits per heavy atom. The van der Waals surface area contributed by atoms with Crippen molar-refractivity contribution >= 4 is 54.9 Å². The number of nitrogens with zero attached hydrogens (tertiary/aromatic N) is 2. The number of carbonyl (C=O) groups excluding carboxylic acids is 2. The van der Waals surface area contributed by atoms with E-state index in [4.69, 9.17) is 4.74 Å². The number of hydrogen-bond donors (Lipinski definition) is 2. The molecule has 0 radical (unpaired) electrons. The van der Waals surface area contributed by atoms with Crippen LogP contribution in [0.1, 0.15) is 12.8 Å². The molecule has 0 atom stereocenters. The third kappa shape index (κ3) is 4.97. The molecule has 0 aromatic heterocycles. The second kappa shape index (κ2) is 8.84. The standard InChI is InChI=1S/C19H19BrN4O5S/c1-24-18(25)10-8-15(22-24)19(26)21-14-7-9-16(29-2)17(11-14)30(27,28)23-13-5-3-12(20)4-6-13/h3-7,9,11,23H,8,10H2,1-2H3,(H,21,26). The number of benzene rings is 2. The highest BCUT2D eigenvalue weighted by Crippen LogP contribution is 2.29. The van der Waals surface area contributed by atoms with Crippen LogP contribution in [-0.4, -0.2) is 45.1 Å². The van der Waals surface area contributed by atoms with Gasteiger partial charge in [0.1, 0.15) is 16.4 Å². The highest BCUT2D eigenvalue weighted by Gasteiger charge is 2.24. The number of carbonyl (C=O) groups is 2. The molecule has 158 valence electrons. The molecule has 3 rings (SSSR count). The van der Waals surface area contributed by atoms with Crippen LogP contribution >= 0.6 is 15.9 Å². The van der Waals surface area contributed by atoms with Crippen molar-refractivity contribution in [3.63, 3.8) is 0 Å². The topological polar surface area (TPSA) is 117 Å². The van der Waals surface area contributed by atoms with Crippen molar-refractivity contribution in [3.05, 3.63) is 46.9 Å². The number of nitrogens with one attached hydrogen (secondary N) is 2. The van der Waals surface area contributed by atoms with E-state index in [1.165, 1.54) is 32.4 Å². The number of rotatable bonds is 6. The average Bonchev–Trinajstić information content (AvgIpc) is 2.71. The lowest BCUT2D eigenvalue weighted by atomic mass is 10.1. The maximum Gasteiger partial charge on any atom is 0.271 e. The number of methoxy groups -OCH3 is 1. The number of anilines is 2. The molecule has 2 amide bonds. The molecule has 2 aromatic rings. The number of amides is 2. The first kappa shape index (κ1) is 21.8. The van der Waals surface area contributed by atoms with E-state index in [1.54, 1.807) is 24.3 Å². The normalized spacial score (nSPS) is 14.2. The van der Waals surface area contributed by atoms with Gasteiger partial charge in [-0.2, -0.15) is 5.10 Å². The van der Waals surface area contributed by atoms with Gasteiger partial charge in [-0.05, 0) is 42.5 Å². The molecular weight excluding hydrogens is 476 g/mol.